The molecule has 0 amide bonds. The molecule has 4 rings (SSSR count). The molecule has 0 N–H and O–H groups in total. The number of hydrogen-bond acceptors (Lipinski definition) is 11. The van der Waals surface area contributed by atoms with Crippen LogP contribution >= 0.6 is 11.3 Å². The standard InChI is InChI=1S/C8H6N8O2S/c1-6(11-12-6)8(15-16-8)7(13-14-7)5-10-9-3(19-5)4(17)18-2/h1-2H3. The van der Waals surface area contributed by atoms with Gasteiger partial charge in [-0.25, -0.2) is 4.79 Å². The third kappa shape index (κ3) is 1.13. The maximum atomic E-state index is 11.4. The lowest BCUT2D eigenvalue weighted by Gasteiger charge is -2.17. The molecule has 0 aromatic carbocycles. The van der Waals surface area contributed by atoms with E-state index >= 15 is 0 Å². The van der Waals surface area contributed by atoms with Crippen LogP contribution in [-0.4, -0.2) is 34.6 Å². The van der Waals surface area contributed by atoms with Crippen LogP contribution < -0.4 is 0 Å². The van der Waals surface area contributed by atoms with Crippen molar-refractivity contribution in [2.24, 2.45) is 30.7 Å². The van der Waals surface area contributed by atoms with E-state index in [2.05, 4.69) is 45.6 Å². The van der Waals surface area contributed by atoms with Gasteiger partial charge in [0, 0.05) is 0 Å². The minimum absolute atomic E-state index is 0.139. The number of aromatic nitrogens is 2. The lowest BCUT2D eigenvalue weighted by molar-refractivity contribution is 0.0599. The summed E-state index contributed by atoms with van der Waals surface area (Å²) in [5.74, 6) is -0.551. The normalized spacial score (nSPS) is 25.2. The highest BCUT2D eigenvalue weighted by Crippen LogP contribution is 2.65. The Bertz CT molecular complexity index is 673. The molecule has 0 aliphatic carbocycles. The largest absolute Gasteiger partial charge is 0.464 e. The van der Waals surface area contributed by atoms with Crippen LogP contribution in [0.4, 0.5) is 0 Å². The molecule has 3 aliphatic rings. The topological polar surface area (TPSA) is 126 Å². The lowest BCUT2D eigenvalue weighted by Crippen LogP contribution is -2.43. The second kappa shape index (κ2) is 2.87. The lowest BCUT2D eigenvalue weighted by atomic mass is 9.91. The van der Waals surface area contributed by atoms with Crippen molar-refractivity contribution in [1.82, 2.24) is 10.2 Å². The Balaban J connectivity index is 1.69. The van der Waals surface area contributed by atoms with Gasteiger partial charge >= 0.3 is 5.97 Å². The maximum absolute atomic E-state index is 11.4. The summed E-state index contributed by atoms with van der Waals surface area (Å²) in [5, 5.41) is 32.3. The van der Waals surface area contributed by atoms with E-state index in [4.69, 9.17) is 0 Å². The summed E-state index contributed by atoms with van der Waals surface area (Å²) in [4.78, 5) is 11.4. The SMILES string of the molecule is COC(=O)c1nnc(C2(C3(C4(C)N=N4)N=N3)N=N2)s1. The number of nitrogens with zero attached hydrogens (tertiary/aromatic N) is 8. The van der Waals surface area contributed by atoms with Crippen molar-refractivity contribution in [1.29, 1.82) is 0 Å². The molecule has 4 heterocycles. The molecule has 0 fully saturated rings. The van der Waals surface area contributed by atoms with Crippen LogP contribution in [0.25, 0.3) is 0 Å². The zero-order chi connectivity index (χ0) is 13.3. The van der Waals surface area contributed by atoms with Gasteiger partial charge in [-0.2, -0.15) is 10.2 Å². The number of carbonyl (C=O) groups excluding carboxylic acids is 1. The fraction of sp³-hybridized carbons (Fsp3) is 0.625. The average Bonchev–Trinajstić information content (AvgIpc) is 3.26. The summed E-state index contributed by atoms with van der Waals surface area (Å²) >= 11 is 1.06. The molecule has 96 valence electrons. The molecule has 0 radical (unpaired) electrons. The van der Waals surface area contributed by atoms with Gasteiger partial charge in [0.2, 0.25) is 10.7 Å². The van der Waals surface area contributed by atoms with Crippen molar-refractivity contribution in [3.63, 3.8) is 0 Å². The Morgan fingerprint density at radius 1 is 1.11 bits per heavy atom. The van der Waals surface area contributed by atoms with Crippen molar-refractivity contribution < 1.29 is 9.53 Å². The number of carbonyl (C=O) groups is 1. The smallest absolute Gasteiger partial charge is 0.369 e. The Kier molecular flexibility index (Phi) is 1.62. The summed E-state index contributed by atoms with van der Waals surface area (Å²) < 4.78 is 4.59. The number of ether oxygens (including phenoxy) is 1. The van der Waals surface area contributed by atoms with Crippen LogP contribution in [0.3, 0.4) is 0 Å². The second-order valence-corrected chi connectivity index (χ2v) is 5.35. The predicted molar refractivity (Wildman–Crippen MR) is 58.6 cm³/mol. The van der Waals surface area contributed by atoms with Gasteiger partial charge in [0.1, 0.15) is 0 Å². The molecule has 0 bridgehead atoms. The average molecular weight is 278 g/mol. The minimum atomic E-state index is -1.03. The zero-order valence-electron chi connectivity index (χ0n) is 9.80. The van der Waals surface area contributed by atoms with Crippen LogP contribution in [0.5, 0.6) is 0 Å². The van der Waals surface area contributed by atoms with E-state index in [1.165, 1.54) is 7.11 Å². The number of esters is 1. The molecular formula is C8H6N8O2S. The monoisotopic (exact) mass is 278 g/mol. The first-order chi connectivity index (χ1) is 9.07. The highest BCUT2D eigenvalue weighted by Gasteiger charge is 2.82. The molecule has 0 spiro atoms. The van der Waals surface area contributed by atoms with Crippen molar-refractivity contribution >= 4 is 17.3 Å². The molecule has 0 atom stereocenters. The first-order valence-corrected chi connectivity index (χ1v) is 6.13. The molecule has 0 saturated carbocycles. The van der Waals surface area contributed by atoms with E-state index in [-0.39, 0.29) is 5.01 Å². The van der Waals surface area contributed by atoms with Crippen LogP contribution in [0.15, 0.2) is 30.7 Å². The molecule has 3 aliphatic heterocycles. The molecule has 19 heavy (non-hydrogen) atoms. The fourth-order valence-corrected chi connectivity index (χ4v) is 2.76. The van der Waals surface area contributed by atoms with E-state index < -0.39 is 23.0 Å². The number of rotatable bonds is 4. The maximum Gasteiger partial charge on any atom is 0.369 e. The summed E-state index contributed by atoms with van der Waals surface area (Å²) in [6.45, 7) is 1.79. The van der Waals surface area contributed by atoms with E-state index in [1.54, 1.807) is 6.92 Å². The Labute approximate surface area is 109 Å². The number of methoxy groups -OCH3 is 1. The molecule has 10 nitrogen and oxygen atoms in total. The molecule has 1 aromatic rings. The van der Waals surface area contributed by atoms with Crippen LogP contribution in [0.2, 0.25) is 0 Å². The van der Waals surface area contributed by atoms with Gasteiger partial charge in [0.05, 0.1) is 7.11 Å². The minimum Gasteiger partial charge on any atom is -0.464 e. The van der Waals surface area contributed by atoms with Crippen molar-refractivity contribution in [2.75, 3.05) is 7.11 Å². The second-order valence-electron chi connectivity index (χ2n) is 4.37. The van der Waals surface area contributed by atoms with Crippen molar-refractivity contribution in [3.8, 4) is 0 Å². The molecule has 1 aromatic heterocycles. The van der Waals surface area contributed by atoms with Crippen LogP contribution in [-0.2, 0) is 10.4 Å². The predicted octanol–water partition coefficient (Wildman–Crippen LogP) is 1.29. The third-order valence-electron chi connectivity index (χ3n) is 3.23. The zero-order valence-corrected chi connectivity index (χ0v) is 10.6. The van der Waals surface area contributed by atoms with Crippen molar-refractivity contribution in [3.05, 3.63) is 10.0 Å². The highest BCUT2D eigenvalue weighted by molar-refractivity contribution is 7.13. The van der Waals surface area contributed by atoms with E-state index in [1.807, 2.05) is 0 Å². The van der Waals surface area contributed by atoms with E-state index in [9.17, 15) is 4.79 Å². The Morgan fingerprint density at radius 2 is 1.79 bits per heavy atom. The van der Waals surface area contributed by atoms with Gasteiger partial charge in [0.15, 0.2) is 5.01 Å². The first-order valence-electron chi connectivity index (χ1n) is 5.31. The summed E-state index contributed by atoms with van der Waals surface area (Å²) in [5.41, 5.74) is -2.73. The first kappa shape index (κ1) is 10.7. The highest BCUT2D eigenvalue weighted by atomic mass is 32.1. The summed E-state index contributed by atoms with van der Waals surface area (Å²) in [6, 6.07) is 0. The summed E-state index contributed by atoms with van der Waals surface area (Å²) in [6.07, 6.45) is 0. The van der Waals surface area contributed by atoms with Gasteiger partial charge in [-0.15, -0.1) is 30.7 Å². The summed E-state index contributed by atoms with van der Waals surface area (Å²) in [7, 11) is 1.28. The van der Waals surface area contributed by atoms with Gasteiger partial charge in [-0.1, -0.05) is 11.3 Å². The molecule has 11 heteroatoms. The van der Waals surface area contributed by atoms with E-state index in [0.29, 0.717) is 5.01 Å². The van der Waals surface area contributed by atoms with Crippen molar-refractivity contribution in [2.45, 2.75) is 23.9 Å². The van der Waals surface area contributed by atoms with Gasteiger partial charge in [-0.05, 0) is 6.92 Å². The Hall–Kier alpha value is -2.17. The van der Waals surface area contributed by atoms with Gasteiger partial charge < -0.3 is 4.74 Å². The number of hydrogen-bond donors (Lipinski definition) is 0. The molecular weight excluding hydrogens is 272 g/mol. The van der Waals surface area contributed by atoms with Gasteiger partial charge in [0.25, 0.3) is 11.3 Å². The molecule has 0 saturated heterocycles. The molecule has 0 unspecified atom stereocenters. The van der Waals surface area contributed by atoms with Crippen LogP contribution in [0, 0.1) is 0 Å². The fourth-order valence-electron chi connectivity index (χ4n) is 1.88. The van der Waals surface area contributed by atoms with Crippen LogP contribution in [0.1, 0.15) is 21.7 Å². The Morgan fingerprint density at radius 3 is 2.26 bits per heavy atom. The van der Waals surface area contributed by atoms with E-state index in [0.717, 1.165) is 11.3 Å². The quantitative estimate of drug-likeness (QED) is 0.768. The van der Waals surface area contributed by atoms with Gasteiger partial charge in [-0.3, -0.25) is 0 Å². The third-order valence-corrected chi connectivity index (χ3v) is 4.23.